The lowest BCUT2D eigenvalue weighted by Crippen LogP contribution is -2.14. The van der Waals surface area contributed by atoms with Gasteiger partial charge in [-0.3, -0.25) is 4.79 Å². The van der Waals surface area contributed by atoms with E-state index in [-0.39, 0.29) is 18.3 Å². The van der Waals surface area contributed by atoms with E-state index in [1.807, 2.05) is 38.4 Å². The van der Waals surface area contributed by atoms with E-state index in [1.54, 1.807) is 18.3 Å². The number of benzene rings is 1. The number of nitrogens with two attached hydrogens (primary N) is 1. The number of aromatic nitrogens is 1. The van der Waals surface area contributed by atoms with Crippen molar-refractivity contribution in [2.45, 2.75) is 13.1 Å². The van der Waals surface area contributed by atoms with Gasteiger partial charge >= 0.3 is 0 Å². The zero-order chi connectivity index (χ0) is 15.2. The van der Waals surface area contributed by atoms with Crippen molar-refractivity contribution in [1.82, 2.24) is 9.88 Å². The van der Waals surface area contributed by atoms with Gasteiger partial charge in [0, 0.05) is 24.8 Å². The molecular formula is C16H21ClN4O. The third kappa shape index (κ3) is 5.11. The first-order valence-electron chi connectivity index (χ1n) is 6.78. The smallest absolute Gasteiger partial charge is 0.256 e. The molecule has 0 unspecified atom stereocenters. The van der Waals surface area contributed by atoms with Crippen molar-refractivity contribution in [3.05, 3.63) is 59.3 Å². The van der Waals surface area contributed by atoms with Crippen LogP contribution in [-0.4, -0.2) is 29.9 Å². The molecule has 0 saturated carbocycles. The molecule has 1 aromatic heterocycles. The van der Waals surface area contributed by atoms with E-state index in [0.29, 0.717) is 17.9 Å². The molecule has 22 heavy (non-hydrogen) atoms. The normalized spacial score (nSPS) is 10.2. The summed E-state index contributed by atoms with van der Waals surface area (Å²) in [5.41, 5.74) is 8.23. The molecule has 0 aliphatic heterocycles. The second kappa shape index (κ2) is 8.48. The molecule has 1 heterocycles. The Bertz CT molecular complexity index is 614. The summed E-state index contributed by atoms with van der Waals surface area (Å²) in [6, 6.07) is 11.1. The molecule has 0 aliphatic carbocycles. The van der Waals surface area contributed by atoms with Crippen LogP contribution in [0.1, 0.15) is 21.5 Å². The van der Waals surface area contributed by atoms with Crippen molar-refractivity contribution in [2.24, 2.45) is 5.73 Å². The SMILES string of the molecule is CN(C)Cc1ccnc(NC(=O)c2ccc(CN)cc2)c1.Cl. The van der Waals surface area contributed by atoms with E-state index < -0.39 is 0 Å². The number of hydrogen-bond acceptors (Lipinski definition) is 4. The van der Waals surface area contributed by atoms with Gasteiger partial charge in [0.15, 0.2) is 0 Å². The molecule has 2 rings (SSSR count). The summed E-state index contributed by atoms with van der Waals surface area (Å²) in [6.07, 6.45) is 1.70. The predicted octanol–water partition coefficient (Wildman–Crippen LogP) is 2.28. The van der Waals surface area contributed by atoms with Crippen LogP contribution in [0.4, 0.5) is 5.82 Å². The van der Waals surface area contributed by atoms with Crippen molar-refractivity contribution < 1.29 is 4.79 Å². The van der Waals surface area contributed by atoms with Gasteiger partial charge in [0.25, 0.3) is 5.91 Å². The number of nitrogens with zero attached hydrogens (tertiary/aromatic N) is 2. The molecule has 0 aliphatic rings. The fourth-order valence-electron chi connectivity index (χ4n) is 1.99. The number of rotatable bonds is 5. The summed E-state index contributed by atoms with van der Waals surface area (Å²) in [7, 11) is 4.00. The van der Waals surface area contributed by atoms with Crippen LogP contribution in [0.5, 0.6) is 0 Å². The second-order valence-corrected chi connectivity index (χ2v) is 5.14. The van der Waals surface area contributed by atoms with Gasteiger partial charge in [0.2, 0.25) is 0 Å². The van der Waals surface area contributed by atoms with Gasteiger partial charge in [-0.05, 0) is 49.5 Å². The van der Waals surface area contributed by atoms with Crippen LogP contribution in [0.25, 0.3) is 0 Å². The van der Waals surface area contributed by atoms with Crippen molar-refractivity contribution in [3.63, 3.8) is 0 Å². The van der Waals surface area contributed by atoms with Crippen molar-refractivity contribution in [1.29, 1.82) is 0 Å². The number of carbonyl (C=O) groups is 1. The number of anilines is 1. The minimum absolute atomic E-state index is 0. The zero-order valence-electron chi connectivity index (χ0n) is 12.7. The van der Waals surface area contributed by atoms with Crippen LogP contribution in [0.15, 0.2) is 42.6 Å². The minimum atomic E-state index is -0.173. The van der Waals surface area contributed by atoms with Crippen molar-refractivity contribution in [2.75, 3.05) is 19.4 Å². The lowest BCUT2D eigenvalue weighted by atomic mass is 10.1. The van der Waals surface area contributed by atoms with E-state index >= 15 is 0 Å². The molecule has 1 aromatic carbocycles. The number of nitrogens with one attached hydrogen (secondary N) is 1. The first-order valence-corrected chi connectivity index (χ1v) is 6.78. The highest BCUT2D eigenvalue weighted by molar-refractivity contribution is 6.03. The van der Waals surface area contributed by atoms with Gasteiger partial charge < -0.3 is 16.0 Å². The Hall–Kier alpha value is -1.95. The Balaban J connectivity index is 0.00000242. The molecule has 0 atom stereocenters. The van der Waals surface area contributed by atoms with E-state index in [9.17, 15) is 4.79 Å². The third-order valence-electron chi connectivity index (χ3n) is 3.02. The molecule has 3 N–H and O–H groups in total. The van der Waals surface area contributed by atoms with Crippen LogP contribution in [-0.2, 0) is 13.1 Å². The largest absolute Gasteiger partial charge is 0.326 e. The van der Waals surface area contributed by atoms with Crippen LogP contribution >= 0.6 is 12.4 Å². The van der Waals surface area contributed by atoms with E-state index in [1.165, 1.54) is 0 Å². The summed E-state index contributed by atoms with van der Waals surface area (Å²) >= 11 is 0. The van der Waals surface area contributed by atoms with E-state index in [4.69, 9.17) is 5.73 Å². The van der Waals surface area contributed by atoms with Crippen LogP contribution in [0.3, 0.4) is 0 Å². The van der Waals surface area contributed by atoms with Gasteiger partial charge in [0.1, 0.15) is 5.82 Å². The first-order chi connectivity index (χ1) is 10.1. The topological polar surface area (TPSA) is 71.2 Å². The van der Waals surface area contributed by atoms with E-state index in [0.717, 1.165) is 17.7 Å². The minimum Gasteiger partial charge on any atom is -0.326 e. The summed E-state index contributed by atoms with van der Waals surface area (Å²) < 4.78 is 0. The molecule has 5 nitrogen and oxygen atoms in total. The molecule has 1 amide bonds. The molecule has 118 valence electrons. The number of halogens is 1. The Morgan fingerprint density at radius 2 is 1.86 bits per heavy atom. The van der Waals surface area contributed by atoms with Gasteiger partial charge in [-0.2, -0.15) is 0 Å². The molecule has 0 radical (unpaired) electrons. The highest BCUT2D eigenvalue weighted by Crippen LogP contribution is 2.11. The Kier molecular flexibility index (Phi) is 6.98. The molecule has 0 spiro atoms. The average molecular weight is 321 g/mol. The zero-order valence-corrected chi connectivity index (χ0v) is 13.6. The van der Waals surface area contributed by atoms with Crippen molar-refractivity contribution >= 4 is 24.1 Å². The second-order valence-electron chi connectivity index (χ2n) is 5.14. The molecule has 0 bridgehead atoms. The monoisotopic (exact) mass is 320 g/mol. The van der Waals surface area contributed by atoms with E-state index in [2.05, 4.69) is 15.2 Å². The summed E-state index contributed by atoms with van der Waals surface area (Å²) in [5.74, 6) is 0.385. The van der Waals surface area contributed by atoms with Gasteiger partial charge in [-0.1, -0.05) is 12.1 Å². The molecule has 6 heteroatoms. The Labute approximate surface area is 136 Å². The molecular weight excluding hydrogens is 300 g/mol. The predicted molar refractivity (Wildman–Crippen MR) is 91.2 cm³/mol. The lowest BCUT2D eigenvalue weighted by molar-refractivity contribution is 0.102. The number of carbonyl (C=O) groups excluding carboxylic acids is 1. The number of pyridine rings is 1. The maximum Gasteiger partial charge on any atom is 0.256 e. The fourth-order valence-corrected chi connectivity index (χ4v) is 1.99. The van der Waals surface area contributed by atoms with Gasteiger partial charge in [0.05, 0.1) is 0 Å². The van der Waals surface area contributed by atoms with Crippen LogP contribution < -0.4 is 11.1 Å². The average Bonchev–Trinajstić information content (AvgIpc) is 2.47. The highest BCUT2D eigenvalue weighted by atomic mass is 35.5. The maximum absolute atomic E-state index is 12.2. The highest BCUT2D eigenvalue weighted by Gasteiger charge is 2.07. The Morgan fingerprint density at radius 3 is 2.45 bits per heavy atom. The lowest BCUT2D eigenvalue weighted by Gasteiger charge is -2.11. The van der Waals surface area contributed by atoms with Crippen LogP contribution in [0, 0.1) is 0 Å². The summed E-state index contributed by atoms with van der Waals surface area (Å²) in [6.45, 7) is 1.27. The maximum atomic E-state index is 12.2. The third-order valence-corrected chi connectivity index (χ3v) is 3.02. The standard InChI is InChI=1S/C16H20N4O.ClH/c1-20(2)11-13-7-8-18-15(9-13)19-16(21)14-5-3-12(10-17)4-6-14;/h3-9H,10-11,17H2,1-2H3,(H,18,19,21);1H. The number of hydrogen-bond donors (Lipinski definition) is 2. The number of amides is 1. The van der Waals surface area contributed by atoms with Crippen molar-refractivity contribution in [3.8, 4) is 0 Å². The van der Waals surface area contributed by atoms with Crippen LogP contribution in [0.2, 0.25) is 0 Å². The molecule has 0 fully saturated rings. The summed E-state index contributed by atoms with van der Waals surface area (Å²) in [4.78, 5) is 18.4. The molecule has 2 aromatic rings. The van der Waals surface area contributed by atoms with Gasteiger partial charge in [-0.25, -0.2) is 4.98 Å². The summed E-state index contributed by atoms with van der Waals surface area (Å²) in [5, 5.41) is 2.81. The molecule has 0 saturated heterocycles. The first kappa shape index (κ1) is 18.1. The Morgan fingerprint density at radius 1 is 1.18 bits per heavy atom. The van der Waals surface area contributed by atoms with Gasteiger partial charge in [-0.15, -0.1) is 12.4 Å². The quantitative estimate of drug-likeness (QED) is 0.886. The fraction of sp³-hybridized carbons (Fsp3) is 0.250.